The highest BCUT2D eigenvalue weighted by atomic mass is 19.4. The molecule has 0 aliphatic rings. The summed E-state index contributed by atoms with van der Waals surface area (Å²) in [7, 11) is 0. The summed E-state index contributed by atoms with van der Waals surface area (Å²) in [4.78, 5) is 11.3. The van der Waals surface area contributed by atoms with Crippen molar-refractivity contribution in [1.29, 1.82) is 0 Å². The fourth-order valence-corrected chi connectivity index (χ4v) is 1.69. The Morgan fingerprint density at radius 1 is 1.28 bits per heavy atom. The highest BCUT2D eigenvalue weighted by Crippen LogP contribution is 2.23. The lowest BCUT2D eigenvalue weighted by molar-refractivity contribution is -0.274. The Labute approximate surface area is 104 Å². The first kappa shape index (κ1) is 14.5. The topological polar surface area (TPSA) is 26.3 Å². The number of ether oxygens (including phenoxy) is 1. The van der Waals surface area contributed by atoms with E-state index in [-0.39, 0.29) is 17.5 Å². The van der Waals surface area contributed by atoms with Gasteiger partial charge in [0, 0.05) is 5.92 Å². The standard InChI is InChI=1S/C13H15F3O2/c1-3-11(9(2)17)8-10-4-6-12(7-5-10)18-13(14,15)16/h4-7,11H,3,8H2,1-2H3. The molecule has 0 N–H and O–H groups in total. The van der Waals surface area contributed by atoms with Gasteiger partial charge in [-0.2, -0.15) is 0 Å². The van der Waals surface area contributed by atoms with Gasteiger partial charge >= 0.3 is 6.36 Å². The van der Waals surface area contributed by atoms with Crippen LogP contribution in [-0.2, 0) is 11.2 Å². The van der Waals surface area contributed by atoms with Crippen LogP contribution in [-0.4, -0.2) is 12.1 Å². The second kappa shape index (κ2) is 5.89. The SMILES string of the molecule is CCC(Cc1ccc(OC(F)(F)F)cc1)C(C)=O. The Balaban J connectivity index is 2.68. The first-order valence-corrected chi connectivity index (χ1v) is 5.67. The Hall–Kier alpha value is -1.52. The maximum Gasteiger partial charge on any atom is 0.573 e. The number of ketones is 1. The number of alkyl halides is 3. The summed E-state index contributed by atoms with van der Waals surface area (Å²) in [5.41, 5.74) is 0.826. The molecule has 0 saturated heterocycles. The van der Waals surface area contributed by atoms with Crippen LogP contribution in [0.5, 0.6) is 5.75 Å². The summed E-state index contributed by atoms with van der Waals surface area (Å²) in [5.74, 6) is -0.241. The van der Waals surface area contributed by atoms with Crippen molar-refractivity contribution in [3.8, 4) is 5.75 Å². The number of hydrogen-bond acceptors (Lipinski definition) is 2. The molecule has 0 heterocycles. The Bertz CT molecular complexity index is 396. The molecule has 18 heavy (non-hydrogen) atoms. The quantitative estimate of drug-likeness (QED) is 0.806. The molecule has 5 heteroatoms. The minimum atomic E-state index is -4.67. The molecular formula is C13H15F3O2. The van der Waals surface area contributed by atoms with Gasteiger partial charge in [-0.15, -0.1) is 13.2 Å². The number of carbonyl (C=O) groups is 1. The molecule has 0 fully saturated rings. The molecule has 0 bridgehead atoms. The smallest absolute Gasteiger partial charge is 0.406 e. The number of Topliss-reactive ketones (excluding diaryl/α,β-unsaturated/α-hetero) is 1. The predicted molar refractivity (Wildman–Crippen MR) is 61.3 cm³/mol. The van der Waals surface area contributed by atoms with Gasteiger partial charge in [0.05, 0.1) is 0 Å². The van der Waals surface area contributed by atoms with Crippen LogP contribution in [0.4, 0.5) is 13.2 Å². The minimum absolute atomic E-state index is 0.0839. The normalized spacial score (nSPS) is 13.2. The lowest BCUT2D eigenvalue weighted by Crippen LogP contribution is -2.17. The molecule has 1 aromatic rings. The molecule has 0 spiro atoms. The lowest BCUT2D eigenvalue weighted by atomic mass is 9.94. The average Bonchev–Trinajstić information content (AvgIpc) is 2.25. The zero-order valence-electron chi connectivity index (χ0n) is 10.3. The van der Waals surface area contributed by atoms with Gasteiger partial charge in [0.1, 0.15) is 11.5 Å². The van der Waals surface area contributed by atoms with E-state index in [1.165, 1.54) is 19.1 Å². The van der Waals surface area contributed by atoms with Gasteiger partial charge in [0.2, 0.25) is 0 Å². The van der Waals surface area contributed by atoms with Crippen LogP contribution in [0, 0.1) is 5.92 Å². The third-order valence-corrected chi connectivity index (χ3v) is 2.71. The van der Waals surface area contributed by atoms with Crippen molar-refractivity contribution in [2.75, 3.05) is 0 Å². The average molecular weight is 260 g/mol. The molecule has 1 atom stereocenters. The number of halogens is 3. The molecule has 0 aromatic heterocycles. The van der Waals surface area contributed by atoms with Gasteiger partial charge in [-0.05, 0) is 37.5 Å². The van der Waals surface area contributed by atoms with Crippen LogP contribution in [0.1, 0.15) is 25.8 Å². The molecule has 0 saturated carbocycles. The Kier molecular flexibility index (Phi) is 4.76. The van der Waals surface area contributed by atoms with Crippen molar-refractivity contribution in [2.24, 2.45) is 5.92 Å². The van der Waals surface area contributed by atoms with Crippen LogP contribution >= 0.6 is 0 Å². The van der Waals surface area contributed by atoms with E-state index < -0.39 is 6.36 Å². The van der Waals surface area contributed by atoms with Gasteiger partial charge in [-0.1, -0.05) is 19.1 Å². The zero-order chi connectivity index (χ0) is 13.8. The molecular weight excluding hydrogens is 245 g/mol. The van der Waals surface area contributed by atoms with E-state index in [1.54, 1.807) is 12.1 Å². The Morgan fingerprint density at radius 3 is 2.22 bits per heavy atom. The number of carbonyl (C=O) groups excluding carboxylic acids is 1. The van der Waals surface area contributed by atoms with E-state index >= 15 is 0 Å². The zero-order valence-corrected chi connectivity index (χ0v) is 10.3. The van der Waals surface area contributed by atoms with E-state index in [4.69, 9.17) is 0 Å². The number of hydrogen-bond donors (Lipinski definition) is 0. The molecule has 0 radical (unpaired) electrons. The summed E-state index contributed by atoms with van der Waals surface area (Å²) in [5, 5.41) is 0. The third kappa shape index (κ3) is 4.77. The third-order valence-electron chi connectivity index (χ3n) is 2.71. The minimum Gasteiger partial charge on any atom is -0.406 e. The largest absolute Gasteiger partial charge is 0.573 e. The van der Waals surface area contributed by atoms with Gasteiger partial charge in [-0.25, -0.2) is 0 Å². The Morgan fingerprint density at radius 2 is 1.83 bits per heavy atom. The summed E-state index contributed by atoms with van der Waals surface area (Å²) < 4.78 is 39.6. The van der Waals surface area contributed by atoms with Crippen LogP contribution < -0.4 is 4.74 Å². The highest BCUT2D eigenvalue weighted by Gasteiger charge is 2.30. The second-order valence-electron chi connectivity index (χ2n) is 4.11. The predicted octanol–water partition coefficient (Wildman–Crippen LogP) is 3.74. The fourth-order valence-electron chi connectivity index (χ4n) is 1.69. The fraction of sp³-hybridized carbons (Fsp3) is 0.462. The lowest BCUT2D eigenvalue weighted by Gasteiger charge is -2.12. The van der Waals surface area contributed by atoms with E-state index in [2.05, 4.69) is 4.74 Å². The molecule has 1 aromatic carbocycles. The molecule has 0 aliphatic heterocycles. The van der Waals surface area contributed by atoms with Crippen LogP contribution in [0.3, 0.4) is 0 Å². The highest BCUT2D eigenvalue weighted by molar-refractivity contribution is 5.78. The van der Waals surface area contributed by atoms with Crippen molar-refractivity contribution in [1.82, 2.24) is 0 Å². The first-order valence-electron chi connectivity index (χ1n) is 5.67. The second-order valence-corrected chi connectivity index (χ2v) is 4.11. The maximum absolute atomic E-state index is 11.9. The van der Waals surface area contributed by atoms with E-state index in [0.717, 1.165) is 12.0 Å². The van der Waals surface area contributed by atoms with Crippen LogP contribution in [0.25, 0.3) is 0 Å². The molecule has 0 amide bonds. The summed E-state index contributed by atoms with van der Waals surface area (Å²) >= 11 is 0. The van der Waals surface area contributed by atoms with Crippen LogP contribution in [0.15, 0.2) is 24.3 Å². The summed E-state index contributed by atoms with van der Waals surface area (Å²) in [6, 6.07) is 5.62. The summed E-state index contributed by atoms with van der Waals surface area (Å²) in [6.07, 6.45) is -3.42. The first-order chi connectivity index (χ1) is 8.31. The monoisotopic (exact) mass is 260 g/mol. The molecule has 2 nitrogen and oxygen atoms in total. The van der Waals surface area contributed by atoms with Gasteiger partial charge in [0.15, 0.2) is 0 Å². The van der Waals surface area contributed by atoms with E-state index in [9.17, 15) is 18.0 Å². The van der Waals surface area contributed by atoms with Gasteiger partial charge < -0.3 is 4.74 Å². The van der Waals surface area contributed by atoms with Crippen molar-refractivity contribution in [3.05, 3.63) is 29.8 Å². The molecule has 1 unspecified atom stereocenters. The number of benzene rings is 1. The van der Waals surface area contributed by atoms with Crippen molar-refractivity contribution >= 4 is 5.78 Å². The molecule has 1 rings (SSSR count). The van der Waals surface area contributed by atoms with Crippen molar-refractivity contribution in [3.63, 3.8) is 0 Å². The van der Waals surface area contributed by atoms with E-state index in [1.807, 2.05) is 6.92 Å². The van der Waals surface area contributed by atoms with Gasteiger partial charge in [-0.3, -0.25) is 4.79 Å². The maximum atomic E-state index is 11.9. The van der Waals surface area contributed by atoms with E-state index in [0.29, 0.717) is 6.42 Å². The molecule has 100 valence electrons. The van der Waals surface area contributed by atoms with Crippen molar-refractivity contribution < 1.29 is 22.7 Å². The summed E-state index contributed by atoms with van der Waals surface area (Å²) in [6.45, 7) is 3.43. The van der Waals surface area contributed by atoms with Crippen molar-refractivity contribution in [2.45, 2.75) is 33.1 Å². The van der Waals surface area contributed by atoms with Crippen LogP contribution in [0.2, 0.25) is 0 Å². The molecule has 0 aliphatic carbocycles. The number of rotatable bonds is 5. The van der Waals surface area contributed by atoms with Gasteiger partial charge in [0.25, 0.3) is 0 Å².